The number of nitro groups is 1. The van der Waals surface area contributed by atoms with Crippen molar-refractivity contribution in [2.45, 2.75) is 12.8 Å². The van der Waals surface area contributed by atoms with E-state index in [0.29, 0.717) is 17.6 Å². The fraction of sp³-hybridized carbons (Fsp3) is 0.455. The summed E-state index contributed by atoms with van der Waals surface area (Å²) in [5.41, 5.74) is -0.0814. The second kappa shape index (κ2) is 4.49. The Morgan fingerprint density at radius 3 is 2.53 bits per heavy atom. The van der Waals surface area contributed by atoms with E-state index in [-0.39, 0.29) is 11.4 Å². The van der Waals surface area contributed by atoms with Crippen molar-refractivity contribution in [3.63, 3.8) is 0 Å². The van der Waals surface area contributed by atoms with Crippen LogP contribution in [-0.4, -0.2) is 24.4 Å². The standard InChI is InChI=1S/C11H14NO4P/c1-16-11-8-9(4-5-10(11)12(13)14)17(15)6-2-3-7-17/h4-5,8H,2-3,6-7H2,1H3. The quantitative estimate of drug-likeness (QED) is 0.472. The molecular weight excluding hydrogens is 241 g/mol. The van der Waals surface area contributed by atoms with Crippen LogP contribution in [0.15, 0.2) is 18.2 Å². The Labute approximate surface area is 99.3 Å². The maximum absolute atomic E-state index is 12.5. The number of nitrogens with zero attached hydrogens (tertiary/aromatic N) is 1. The van der Waals surface area contributed by atoms with E-state index in [1.165, 1.54) is 13.2 Å². The molecule has 1 fully saturated rings. The molecule has 1 aromatic rings. The zero-order valence-corrected chi connectivity index (χ0v) is 10.5. The highest BCUT2D eigenvalue weighted by atomic mass is 31.2. The van der Waals surface area contributed by atoms with Crippen molar-refractivity contribution in [1.82, 2.24) is 0 Å². The first-order valence-corrected chi connectivity index (χ1v) is 7.56. The van der Waals surface area contributed by atoms with Crippen LogP contribution >= 0.6 is 7.14 Å². The van der Waals surface area contributed by atoms with Crippen molar-refractivity contribution in [3.8, 4) is 5.75 Å². The lowest BCUT2D eigenvalue weighted by atomic mass is 10.3. The molecule has 0 aromatic heterocycles. The molecule has 0 amide bonds. The molecule has 2 rings (SSSR count). The molecule has 92 valence electrons. The molecule has 17 heavy (non-hydrogen) atoms. The maximum atomic E-state index is 12.5. The number of rotatable bonds is 3. The molecule has 1 aliphatic rings. The van der Waals surface area contributed by atoms with E-state index in [4.69, 9.17) is 4.74 Å². The SMILES string of the molecule is COc1cc(P2(=O)CCCC2)ccc1[N+](=O)[O-]. The Hall–Kier alpha value is -1.35. The Balaban J connectivity index is 2.44. The molecule has 0 unspecified atom stereocenters. The third-order valence-corrected chi connectivity index (χ3v) is 6.42. The molecule has 1 heterocycles. The average Bonchev–Trinajstić information content (AvgIpc) is 2.76. The zero-order valence-electron chi connectivity index (χ0n) is 9.59. The van der Waals surface area contributed by atoms with Gasteiger partial charge in [-0.3, -0.25) is 10.1 Å². The first-order chi connectivity index (χ1) is 8.07. The molecule has 0 saturated carbocycles. The van der Waals surface area contributed by atoms with Crippen LogP contribution in [0, 0.1) is 10.1 Å². The van der Waals surface area contributed by atoms with E-state index < -0.39 is 12.1 Å². The molecule has 0 aliphatic carbocycles. The van der Waals surface area contributed by atoms with Crippen LogP contribution in [0.5, 0.6) is 5.75 Å². The third-order valence-electron chi connectivity index (χ3n) is 3.12. The minimum atomic E-state index is -2.32. The highest BCUT2D eigenvalue weighted by Crippen LogP contribution is 2.51. The fourth-order valence-electron chi connectivity index (χ4n) is 2.18. The van der Waals surface area contributed by atoms with Crippen LogP contribution in [0.1, 0.15) is 12.8 Å². The van der Waals surface area contributed by atoms with Crippen LogP contribution in [0.25, 0.3) is 0 Å². The van der Waals surface area contributed by atoms with Crippen molar-refractivity contribution >= 4 is 18.1 Å². The van der Waals surface area contributed by atoms with Crippen molar-refractivity contribution < 1.29 is 14.2 Å². The lowest BCUT2D eigenvalue weighted by Crippen LogP contribution is -2.08. The fourth-order valence-corrected chi connectivity index (χ4v) is 5.08. The summed E-state index contributed by atoms with van der Waals surface area (Å²) in [5, 5.41) is 11.5. The molecule has 1 saturated heterocycles. The van der Waals surface area contributed by atoms with Gasteiger partial charge in [0.05, 0.1) is 12.0 Å². The first kappa shape index (κ1) is 12.1. The summed E-state index contributed by atoms with van der Waals surface area (Å²) < 4.78 is 17.5. The monoisotopic (exact) mass is 255 g/mol. The predicted molar refractivity (Wildman–Crippen MR) is 65.9 cm³/mol. The van der Waals surface area contributed by atoms with Gasteiger partial charge in [-0.05, 0) is 25.0 Å². The largest absolute Gasteiger partial charge is 0.490 e. The van der Waals surface area contributed by atoms with Crippen molar-refractivity contribution in [2.75, 3.05) is 19.4 Å². The first-order valence-electron chi connectivity index (χ1n) is 5.48. The van der Waals surface area contributed by atoms with Crippen molar-refractivity contribution in [2.24, 2.45) is 0 Å². The summed E-state index contributed by atoms with van der Waals surface area (Å²) in [6, 6.07) is 4.54. The van der Waals surface area contributed by atoms with Crippen LogP contribution < -0.4 is 10.0 Å². The van der Waals surface area contributed by atoms with Gasteiger partial charge in [-0.25, -0.2) is 0 Å². The van der Waals surface area contributed by atoms with Gasteiger partial charge in [-0.1, -0.05) is 0 Å². The van der Waals surface area contributed by atoms with E-state index >= 15 is 0 Å². The lowest BCUT2D eigenvalue weighted by molar-refractivity contribution is -0.385. The zero-order chi connectivity index (χ0) is 12.5. The lowest BCUT2D eigenvalue weighted by Gasteiger charge is -2.12. The predicted octanol–water partition coefficient (Wildman–Crippen LogP) is 2.39. The number of ether oxygens (including phenoxy) is 1. The van der Waals surface area contributed by atoms with Gasteiger partial charge >= 0.3 is 5.69 Å². The second-order valence-electron chi connectivity index (χ2n) is 4.16. The Morgan fingerprint density at radius 2 is 2.00 bits per heavy atom. The van der Waals surface area contributed by atoms with Gasteiger partial charge in [0, 0.05) is 23.7 Å². The Kier molecular flexibility index (Phi) is 3.20. The van der Waals surface area contributed by atoms with E-state index in [0.717, 1.165) is 12.8 Å². The molecule has 0 bridgehead atoms. The molecule has 6 heteroatoms. The maximum Gasteiger partial charge on any atom is 0.310 e. The molecule has 0 spiro atoms. The summed E-state index contributed by atoms with van der Waals surface area (Å²) in [5.74, 6) is 0.189. The van der Waals surface area contributed by atoms with Crippen molar-refractivity contribution in [3.05, 3.63) is 28.3 Å². The smallest absolute Gasteiger partial charge is 0.310 e. The molecule has 0 radical (unpaired) electrons. The van der Waals surface area contributed by atoms with E-state index in [1.807, 2.05) is 0 Å². The van der Waals surface area contributed by atoms with Crippen molar-refractivity contribution in [1.29, 1.82) is 0 Å². The molecule has 1 aromatic carbocycles. The summed E-state index contributed by atoms with van der Waals surface area (Å²) in [6.45, 7) is 0. The van der Waals surface area contributed by atoms with E-state index in [9.17, 15) is 14.7 Å². The summed E-state index contributed by atoms with van der Waals surface area (Å²) >= 11 is 0. The normalized spacial score (nSPS) is 17.9. The molecular formula is C11H14NO4P. The molecule has 0 atom stereocenters. The number of benzene rings is 1. The van der Waals surface area contributed by atoms with Crippen LogP contribution in [0.4, 0.5) is 5.69 Å². The number of methoxy groups -OCH3 is 1. The highest BCUT2D eigenvalue weighted by Gasteiger charge is 2.30. The van der Waals surface area contributed by atoms with Gasteiger partial charge in [0.15, 0.2) is 5.75 Å². The third kappa shape index (κ3) is 2.20. The Bertz CT molecular complexity index is 490. The minimum Gasteiger partial charge on any atom is -0.490 e. The molecule has 5 nitrogen and oxygen atoms in total. The average molecular weight is 255 g/mol. The number of hydrogen-bond acceptors (Lipinski definition) is 4. The minimum absolute atomic E-state index is 0.0814. The summed E-state index contributed by atoms with van der Waals surface area (Å²) in [4.78, 5) is 10.3. The number of hydrogen-bond donors (Lipinski definition) is 0. The van der Waals surface area contributed by atoms with E-state index in [2.05, 4.69) is 0 Å². The van der Waals surface area contributed by atoms with Crippen LogP contribution in [0.3, 0.4) is 0 Å². The summed E-state index contributed by atoms with van der Waals surface area (Å²) in [6.07, 6.45) is 3.34. The number of nitro benzene ring substituents is 1. The van der Waals surface area contributed by atoms with Gasteiger partial charge in [-0.2, -0.15) is 0 Å². The summed E-state index contributed by atoms with van der Waals surface area (Å²) in [7, 11) is -0.930. The van der Waals surface area contributed by atoms with Crippen LogP contribution in [-0.2, 0) is 4.57 Å². The Morgan fingerprint density at radius 1 is 1.35 bits per heavy atom. The van der Waals surface area contributed by atoms with Gasteiger partial charge < -0.3 is 9.30 Å². The van der Waals surface area contributed by atoms with Crippen LogP contribution in [0.2, 0.25) is 0 Å². The van der Waals surface area contributed by atoms with Gasteiger partial charge in [-0.15, -0.1) is 0 Å². The van der Waals surface area contributed by atoms with Gasteiger partial charge in [0.25, 0.3) is 0 Å². The topological polar surface area (TPSA) is 69.4 Å². The second-order valence-corrected chi connectivity index (χ2v) is 7.35. The molecule has 1 aliphatic heterocycles. The van der Waals surface area contributed by atoms with E-state index in [1.54, 1.807) is 12.1 Å². The highest BCUT2D eigenvalue weighted by molar-refractivity contribution is 7.71. The molecule has 0 N–H and O–H groups in total. The van der Waals surface area contributed by atoms with Gasteiger partial charge in [0.2, 0.25) is 0 Å². The van der Waals surface area contributed by atoms with Gasteiger partial charge in [0.1, 0.15) is 7.14 Å².